The topological polar surface area (TPSA) is 63.4 Å². The van der Waals surface area contributed by atoms with E-state index in [-0.39, 0.29) is 11.8 Å². The van der Waals surface area contributed by atoms with Crippen molar-refractivity contribution in [1.82, 2.24) is 4.90 Å². The minimum Gasteiger partial charge on any atom is -0.329 e. The van der Waals surface area contributed by atoms with E-state index in [4.69, 9.17) is 5.73 Å². The molecular weight excluding hydrogens is 236 g/mol. The third-order valence-corrected chi connectivity index (χ3v) is 5.10. The van der Waals surface area contributed by atoms with E-state index >= 15 is 0 Å². The largest absolute Gasteiger partial charge is 0.329 e. The molecule has 0 saturated carbocycles. The minimum atomic E-state index is -3.02. The van der Waals surface area contributed by atoms with Crippen LogP contribution in [0.1, 0.15) is 17.2 Å². The molecule has 1 unspecified atom stereocenters. The van der Waals surface area contributed by atoms with Gasteiger partial charge in [0, 0.05) is 12.6 Å². The first-order valence-electron chi connectivity index (χ1n) is 5.68. The molecule has 2 rings (SSSR count). The van der Waals surface area contributed by atoms with Crippen molar-refractivity contribution in [2.24, 2.45) is 5.73 Å². The van der Waals surface area contributed by atoms with Crippen LogP contribution in [0, 0.1) is 0 Å². The molecule has 0 radical (unpaired) electrons. The van der Waals surface area contributed by atoms with E-state index in [9.17, 15) is 8.42 Å². The lowest BCUT2D eigenvalue weighted by molar-refractivity contribution is 0.306. The van der Waals surface area contributed by atoms with Gasteiger partial charge in [0.25, 0.3) is 0 Å². The summed E-state index contributed by atoms with van der Waals surface area (Å²) in [5, 5.41) is 0. The van der Waals surface area contributed by atoms with Gasteiger partial charge in [0.1, 0.15) is 0 Å². The highest BCUT2D eigenvalue weighted by Crippen LogP contribution is 2.29. The van der Waals surface area contributed by atoms with Crippen molar-refractivity contribution < 1.29 is 8.42 Å². The summed E-state index contributed by atoms with van der Waals surface area (Å²) in [5.41, 5.74) is 7.77. The molecule has 4 nitrogen and oxygen atoms in total. The van der Waals surface area contributed by atoms with Crippen LogP contribution in [0.2, 0.25) is 0 Å². The Morgan fingerprint density at radius 2 is 2.12 bits per heavy atom. The normalized spacial score (nSPS) is 19.3. The van der Waals surface area contributed by atoms with Crippen LogP contribution in [0.25, 0.3) is 0 Å². The molecule has 5 heteroatoms. The van der Waals surface area contributed by atoms with Crippen molar-refractivity contribution in [3.8, 4) is 0 Å². The Hall–Kier alpha value is -0.910. The second-order valence-corrected chi connectivity index (χ2v) is 6.73. The molecule has 94 valence electrons. The van der Waals surface area contributed by atoms with Gasteiger partial charge < -0.3 is 10.6 Å². The quantitative estimate of drug-likeness (QED) is 0.857. The second kappa shape index (κ2) is 4.40. The molecule has 1 aromatic rings. The maximum absolute atomic E-state index is 11.7. The van der Waals surface area contributed by atoms with Gasteiger partial charge >= 0.3 is 0 Å². The maximum Gasteiger partial charge on any atom is 0.178 e. The SMILES string of the molecule is CN(C)C(CN)c1ccc2c(c1)CCS2(=O)=O. The Labute approximate surface area is 102 Å². The Bertz CT molecular complexity index is 523. The number of nitrogens with two attached hydrogens (primary N) is 1. The Morgan fingerprint density at radius 3 is 2.71 bits per heavy atom. The zero-order valence-corrected chi connectivity index (χ0v) is 11.0. The summed E-state index contributed by atoms with van der Waals surface area (Å²) >= 11 is 0. The molecule has 0 aromatic heterocycles. The van der Waals surface area contributed by atoms with Crippen molar-refractivity contribution in [3.63, 3.8) is 0 Å². The van der Waals surface area contributed by atoms with Gasteiger partial charge in [-0.25, -0.2) is 8.42 Å². The molecule has 1 heterocycles. The molecule has 1 aromatic carbocycles. The van der Waals surface area contributed by atoms with Gasteiger partial charge in [0.2, 0.25) is 0 Å². The van der Waals surface area contributed by atoms with Crippen LogP contribution in [0.5, 0.6) is 0 Å². The predicted octanol–water partition coefficient (Wildman–Crippen LogP) is 0.578. The number of sulfone groups is 1. The van der Waals surface area contributed by atoms with Crippen LogP contribution in [-0.2, 0) is 16.3 Å². The molecular formula is C12H18N2O2S. The lowest BCUT2D eigenvalue weighted by Gasteiger charge is -2.23. The van der Waals surface area contributed by atoms with Crippen LogP contribution in [-0.4, -0.2) is 39.7 Å². The van der Waals surface area contributed by atoms with E-state index in [1.54, 1.807) is 6.07 Å². The molecule has 0 bridgehead atoms. The van der Waals surface area contributed by atoms with Crippen LogP contribution >= 0.6 is 0 Å². The first-order chi connectivity index (χ1) is 7.95. The summed E-state index contributed by atoms with van der Waals surface area (Å²) in [6, 6.07) is 5.72. The van der Waals surface area contributed by atoms with Crippen molar-refractivity contribution in [2.75, 3.05) is 26.4 Å². The first kappa shape index (κ1) is 12.5. The fourth-order valence-electron chi connectivity index (χ4n) is 2.30. The van der Waals surface area contributed by atoms with Gasteiger partial charge in [-0.1, -0.05) is 12.1 Å². The summed E-state index contributed by atoms with van der Waals surface area (Å²) in [7, 11) is 0.928. The van der Waals surface area contributed by atoms with Crippen LogP contribution in [0.15, 0.2) is 23.1 Å². The van der Waals surface area contributed by atoms with Crippen molar-refractivity contribution in [1.29, 1.82) is 0 Å². The van der Waals surface area contributed by atoms with E-state index in [2.05, 4.69) is 0 Å². The molecule has 1 aliphatic heterocycles. The summed E-state index contributed by atoms with van der Waals surface area (Å²) in [4.78, 5) is 2.54. The van der Waals surface area contributed by atoms with Gasteiger partial charge in [-0.2, -0.15) is 0 Å². The number of hydrogen-bond donors (Lipinski definition) is 1. The third-order valence-electron chi connectivity index (χ3n) is 3.29. The Balaban J connectivity index is 2.42. The van der Waals surface area contributed by atoms with E-state index in [0.29, 0.717) is 17.9 Å². The number of nitrogens with zero attached hydrogens (tertiary/aromatic N) is 1. The number of aryl methyl sites for hydroxylation is 1. The highest BCUT2D eigenvalue weighted by Gasteiger charge is 2.27. The van der Waals surface area contributed by atoms with Crippen molar-refractivity contribution in [3.05, 3.63) is 29.3 Å². The summed E-state index contributed by atoms with van der Waals surface area (Å²) < 4.78 is 23.4. The Kier molecular flexibility index (Phi) is 3.25. The summed E-state index contributed by atoms with van der Waals surface area (Å²) in [6.45, 7) is 0.526. The van der Waals surface area contributed by atoms with Crippen LogP contribution in [0.3, 0.4) is 0 Å². The number of fused-ring (bicyclic) bond motifs is 1. The molecule has 0 fully saturated rings. The van der Waals surface area contributed by atoms with Crippen LogP contribution < -0.4 is 5.73 Å². The number of rotatable bonds is 3. The van der Waals surface area contributed by atoms with Crippen molar-refractivity contribution >= 4 is 9.84 Å². The van der Waals surface area contributed by atoms with Gasteiger partial charge in [-0.3, -0.25) is 0 Å². The highest BCUT2D eigenvalue weighted by atomic mass is 32.2. The lowest BCUT2D eigenvalue weighted by Crippen LogP contribution is -2.27. The Morgan fingerprint density at radius 1 is 1.41 bits per heavy atom. The van der Waals surface area contributed by atoms with E-state index in [1.807, 2.05) is 31.1 Å². The maximum atomic E-state index is 11.7. The first-order valence-corrected chi connectivity index (χ1v) is 7.33. The predicted molar refractivity (Wildman–Crippen MR) is 67.7 cm³/mol. The zero-order chi connectivity index (χ0) is 12.6. The molecule has 1 aliphatic rings. The molecule has 2 N–H and O–H groups in total. The molecule has 0 saturated heterocycles. The minimum absolute atomic E-state index is 0.142. The number of likely N-dealkylation sites (N-methyl/N-ethyl adjacent to an activating group) is 1. The van der Waals surface area contributed by atoms with E-state index in [1.165, 1.54) is 0 Å². The average molecular weight is 254 g/mol. The van der Waals surface area contributed by atoms with Gasteiger partial charge in [-0.05, 0) is 37.7 Å². The van der Waals surface area contributed by atoms with E-state index < -0.39 is 9.84 Å². The zero-order valence-electron chi connectivity index (χ0n) is 10.2. The standard InChI is InChI=1S/C12H18N2O2S/c1-14(2)11(8-13)9-3-4-12-10(7-9)5-6-17(12,15)16/h3-4,7,11H,5-6,8,13H2,1-2H3. The van der Waals surface area contributed by atoms with Gasteiger partial charge in [0.05, 0.1) is 10.6 Å². The molecule has 17 heavy (non-hydrogen) atoms. The van der Waals surface area contributed by atoms with Crippen molar-refractivity contribution in [2.45, 2.75) is 17.4 Å². The third kappa shape index (κ3) is 2.22. The molecule has 1 atom stereocenters. The molecule has 0 spiro atoms. The lowest BCUT2D eigenvalue weighted by atomic mass is 10.0. The fraction of sp³-hybridized carbons (Fsp3) is 0.500. The van der Waals surface area contributed by atoms with Crippen LogP contribution in [0.4, 0.5) is 0 Å². The summed E-state index contributed by atoms with van der Waals surface area (Å²) in [5.74, 6) is 0.237. The fourth-order valence-corrected chi connectivity index (χ4v) is 3.85. The number of benzene rings is 1. The second-order valence-electron chi connectivity index (χ2n) is 4.65. The average Bonchev–Trinajstić information content (AvgIpc) is 2.55. The summed E-state index contributed by atoms with van der Waals surface area (Å²) in [6.07, 6.45) is 0.621. The van der Waals surface area contributed by atoms with E-state index in [0.717, 1.165) is 11.1 Å². The van der Waals surface area contributed by atoms with Gasteiger partial charge in [-0.15, -0.1) is 0 Å². The number of hydrogen-bond acceptors (Lipinski definition) is 4. The molecule has 0 aliphatic carbocycles. The smallest absolute Gasteiger partial charge is 0.178 e. The monoisotopic (exact) mass is 254 g/mol. The van der Waals surface area contributed by atoms with Gasteiger partial charge in [0.15, 0.2) is 9.84 Å². The molecule has 0 amide bonds. The highest BCUT2D eigenvalue weighted by molar-refractivity contribution is 7.91.